The smallest absolute Gasteiger partial charge is 0.0339 e. The maximum absolute atomic E-state index is 4.04. The summed E-state index contributed by atoms with van der Waals surface area (Å²) < 4.78 is 1.42. The van der Waals surface area contributed by atoms with Crippen LogP contribution in [0.5, 0.6) is 0 Å². The van der Waals surface area contributed by atoms with Gasteiger partial charge in [-0.3, -0.25) is 0 Å². The summed E-state index contributed by atoms with van der Waals surface area (Å²) in [5, 5.41) is 7.81. The van der Waals surface area contributed by atoms with Gasteiger partial charge in [0.05, 0.1) is 0 Å². The van der Waals surface area contributed by atoms with Crippen LogP contribution >= 0.6 is 15.9 Å². The minimum absolute atomic E-state index is 0.699. The number of hydrogen-bond donors (Lipinski definition) is 2. The SMILES string of the molecule is CC1CC2CCCNC2=C2NC(C3CC=C(Br)CC3)CCC21. The van der Waals surface area contributed by atoms with Gasteiger partial charge in [0.1, 0.15) is 0 Å². The molecule has 0 bridgehead atoms. The minimum atomic E-state index is 0.699. The molecule has 0 aromatic carbocycles. The van der Waals surface area contributed by atoms with E-state index < -0.39 is 0 Å². The molecule has 4 rings (SSSR count). The standard InChI is InChI=1S/C19H29BrN2/c1-12-11-14-3-2-10-21-18(14)19-16(12)8-9-17(22-19)13-4-6-15(20)7-5-13/h6,12-14,16-17,21-22H,2-5,7-11H2,1H3. The third-order valence-electron chi connectivity index (χ3n) is 6.55. The summed E-state index contributed by atoms with van der Waals surface area (Å²) >= 11 is 3.67. The van der Waals surface area contributed by atoms with E-state index in [0.29, 0.717) is 6.04 Å². The van der Waals surface area contributed by atoms with Crippen molar-refractivity contribution in [1.29, 1.82) is 0 Å². The van der Waals surface area contributed by atoms with Gasteiger partial charge in [0.2, 0.25) is 0 Å². The van der Waals surface area contributed by atoms with Crippen molar-refractivity contribution in [2.75, 3.05) is 6.54 Å². The molecule has 4 aliphatic rings. The van der Waals surface area contributed by atoms with Crippen LogP contribution in [0.2, 0.25) is 0 Å². The highest BCUT2D eigenvalue weighted by atomic mass is 79.9. The van der Waals surface area contributed by atoms with Crippen LogP contribution in [0.4, 0.5) is 0 Å². The molecule has 2 aliphatic carbocycles. The van der Waals surface area contributed by atoms with Crippen LogP contribution in [0.15, 0.2) is 22.0 Å². The molecule has 0 aromatic heterocycles. The largest absolute Gasteiger partial charge is 0.387 e. The predicted molar refractivity (Wildman–Crippen MR) is 95.5 cm³/mol. The lowest BCUT2D eigenvalue weighted by molar-refractivity contribution is 0.184. The molecule has 2 aliphatic heterocycles. The average molecular weight is 365 g/mol. The third kappa shape index (κ3) is 2.74. The molecule has 122 valence electrons. The van der Waals surface area contributed by atoms with Gasteiger partial charge in [0.25, 0.3) is 0 Å². The van der Waals surface area contributed by atoms with Gasteiger partial charge >= 0.3 is 0 Å². The summed E-state index contributed by atoms with van der Waals surface area (Å²) in [5.41, 5.74) is 3.22. The van der Waals surface area contributed by atoms with Gasteiger partial charge in [-0.15, -0.1) is 0 Å². The molecule has 5 atom stereocenters. The van der Waals surface area contributed by atoms with Gasteiger partial charge in [-0.2, -0.15) is 0 Å². The number of fused-ring (bicyclic) bond motifs is 2. The Morgan fingerprint density at radius 3 is 2.86 bits per heavy atom. The quantitative estimate of drug-likeness (QED) is 0.705. The van der Waals surface area contributed by atoms with Crippen LogP contribution in [0.3, 0.4) is 0 Å². The van der Waals surface area contributed by atoms with Crippen molar-refractivity contribution in [2.45, 2.75) is 64.3 Å². The molecule has 0 radical (unpaired) electrons. The van der Waals surface area contributed by atoms with Gasteiger partial charge in [-0.05, 0) is 67.7 Å². The number of nitrogens with one attached hydrogen (secondary N) is 2. The fourth-order valence-electron chi connectivity index (χ4n) is 5.29. The number of halogens is 1. The molecule has 0 saturated carbocycles. The molecular weight excluding hydrogens is 336 g/mol. The van der Waals surface area contributed by atoms with Crippen molar-refractivity contribution in [3.8, 4) is 0 Å². The second-order valence-electron chi connectivity index (χ2n) is 7.93. The Hall–Kier alpha value is -0.440. The van der Waals surface area contributed by atoms with E-state index in [4.69, 9.17) is 0 Å². The van der Waals surface area contributed by atoms with Crippen molar-refractivity contribution >= 4 is 15.9 Å². The van der Waals surface area contributed by atoms with Crippen LogP contribution < -0.4 is 10.6 Å². The van der Waals surface area contributed by atoms with Gasteiger partial charge in [-0.25, -0.2) is 0 Å². The van der Waals surface area contributed by atoms with Gasteiger partial charge in [0.15, 0.2) is 0 Å². The Balaban J connectivity index is 1.55. The second-order valence-corrected chi connectivity index (χ2v) is 8.94. The van der Waals surface area contributed by atoms with Gasteiger partial charge in [0, 0.05) is 35.8 Å². The average Bonchev–Trinajstić information content (AvgIpc) is 2.55. The van der Waals surface area contributed by atoms with E-state index in [1.807, 2.05) is 0 Å². The zero-order valence-corrected chi connectivity index (χ0v) is 15.3. The topological polar surface area (TPSA) is 24.1 Å². The van der Waals surface area contributed by atoms with Crippen LogP contribution in [0, 0.1) is 23.7 Å². The Kier molecular flexibility index (Phi) is 4.27. The molecule has 2 fully saturated rings. The zero-order chi connectivity index (χ0) is 15.1. The van der Waals surface area contributed by atoms with Crippen molar-refractivity contribution in [3.05, 3.63) is 22.0 Å². The van der Waals surface area contributed by atoms with Crippen molar-refractivity contribution in [2.24, 2.45) is 23.7 Å². The summed E-state index contributed by atoms with van der Waals surface area (Å²) in [6.07, 6.45) is 13.1. The highest BCUT2D eigenvalue weighted by molar-refractivity contribution is 9.11. The van der Waals surface area contributed by atoms with Crippen LogP contribution in [-0.4, -0.2) is 12.6 Å². The summed E-state index contributed by atoms with van der Waals surface area (Å²) in [5.74, 6) is 3.28. The summed E-state index contributed by atoms with van der Waals surface area (Å²) in [4.78, 5) is 0. The van der Waals surface area contributed by atoms with E-state index in [9.17, 15) is 0 Å². The maximum Gasteiger partial charge on any atom is 0.0339 e. The molecule has 2 heterocycles. The molecule has 0 aromatic rings. The molecule has 3 heteroatoms. The normalized spacial score (nSPS) is 41.7. The van der Waals surface area contributed by atoms with Crippen LogP contribution in [0.25, 0.3) is 0 Å². The first kappa shape index (κ1) is 15.1. The Morgan fingerprint density at radius 1 is 1.14 bits per heavy atom. The maximum atomic E-state index is 4.04. The number of allylic oxidation sites excluding steroid dienone is 4. The van der Waals surface area contributed by atoms with E-state index in [0.717, 1.165) is 23.7 Å². The highest BCUT2D eigenvalue weighted by Gasteiger charge is 2.40. The van der Waals surface area contributed by atoms with E-state index in [-0.39, 0.29) is 0 Å². The second kappa shape index (κ2) is 6.22. The Labute approximate surface area is 143 Å². The van der Waals surface area contributed by atoms with E-state index in [1.165, 1.54) is 62.4 Å². The lowest BCUT2D eigenvalue weighted by atomic mass is 9.68. The fraction of sp³-hybridized carbons (Fsp3) is 0.789. The van der Waals surface area contributed by atoms with E-state index >= 15 is 0 Å². The highest BCUT2D eigenvalue weighted by Crippen LogP contribution is 2.45. The fourth-order valence-corrected chi connectivity index (χ4v) is 5.71. The number of rotatable bonds is 1. The van der Waals surface area contributed by atoms with Crippen LogP contribution in [0.1, 0.15) is 58.3 Å². The first-order valence-electron chi connectivity index (χ1n) is 9.31. The van der Waals surface area contributed by atoms with Gasteiger partial charge < -0.3 is 10.6 Å². The molecule has 2 saturated heterocycles. The number of piperidine rings is 2. The lowest BCUT2D eigenvalue weighted by Gasteiger charge is -2.47. The van der Waals surface area contributed by atoms with Crippen molar-refractivity contribution in [3.63, 3.8) is 0 Å². The Bertz CT molecular complexity index is 496. The molecule has 22 heavy (non-hydrogen) atoms. The molecule has 0 amide bonds. The monoisotopic (exact) mass is 364 g/mol. The minimum Gasteiger partial charge on any atom is -0.387 e. The lowest BCUT2D eigenvalue weighted by Crippen LogP contribution is -2.49. The molecular formula is C19H29BrN2. The number of hydrogen-bond acceptors (Lipinski definition) is 2. The van der Waals surface area contributed by atoms with Crippen molar-refractivity contribution < 1.29 is 0 Å². The summed E-state index contributed by atoms with van der Waals surface area (Å²) in [7, 11) is 0. The first-order valence-corrected chi connectivity index (χ1v) is 10.1. The Morgan fingerprint density at radius 2 is 2.05 bits per heavy atom. The molecule has 5 unspecified atom stereocenters. The summed E-state index contributed by atoms with van der Waals surface area (Å²) in [6.45, 7) is 3.67. The van der Waals surface area contributed by atoms with E-state index in [2.05, 4.69) is 39.6 Å². The molecule has 2 N–H and O–H groups in total. The molecule has 2 nitrogen and oxygen atoms in total. The van der Waals surface area contributed by atoms with Gasteiger partial charge in [-0.1, -0.05) is 28.9 Å². The molecule has 0 spiro atoms. The first-order chi connectivity index (χ1) is 10.7. The zero-order valence-electron chi connectivity index (χ0n) is 13.7. The predicted octanol–water partition coefficient (Wildman–Crippen LogP) is 4.68. The summed E-state index contributed by atoms with van der Waals surface area (Å²) in [6, 6.07) is 0.699. The van der Waals surface area contributed by atoms with Crippen molar-refractivity contribution in [1.82, 2.24) is 10.6 Å². The third-order valence-corrected chi connectivity index (χ3v) is 7.27. The van der Waals surface area contributed by atoms with Crippen LogP contribution in [-0.2, 0) is 0 Å². The van der Waals surface area contributed by atoms with E-state index in [1.54, 1.807) is 11.4 Å².